The maximum absolute atomic E-state index is 11.8. The van der Waals surface area contributed by atoms with Crippen molar-refractivity contribution in [1.82, 2.24) is 0 Å². The predicted molar refractivity (Wildman–Crippen MR) is 85.6 cm³/mol. The third-order valence-corrected chi connectivity index (χ3v) is 9.63. The van der Waals surface area contributed by atoms with Crippen LogP contribution in [-0.4, -0.2) is 49.2 Å². The molecule has 0 aromatic carbocycles. The van der Waals surface area contributed by atoms with Crippen LogP contribution in [0.15, 0.2) is 0 Å². The second kappa shape index (κ2) is 6.92. The normalized spacial score (nSPS) is 28.8. The second-order valence-corrected chi connectivity index (χ2v) is 13.0. The topological polar surface area (TPSA) is 55.8 Å². The van der Waals surface area contributed by atoms with E-state index < -0.39 is 20.5 Å². The van der Waals surface area contributed by atoms with Crippen LogP contribution >= 0.6 is 11.8 Å². The molecule has 0 bridgehead atoms. The van der Waals surface area contributed by atoms with Crippen molar-refractivity contribution < 1.29 is 19.1 Å². The predicted octanol–water partition coefficient (Wildman–Crippen LogP) is 2.81. The van der Waals surface area contributed by atoms with Crippen LogP contribution in [0, 0.1) is 0 Å². The summed E-state index contributed by atoms with van der Waals surface area (Å²) in [6.07, 6.45) is -1.29. The molecule has 0 amide bonds. The van der Waals surface area contributed by atoms with Crippen molar-refractivity contribution in [3.63, 3.8) is 0 Å². The molecule has 1 saturated heterocycles. The molecular formula is C14H28O4SSi. The Balaban J connectivity index is 2.63. The van der Waals surface area contributed by atoms with Crippen LogP contribution in [-0.2, 0) is 14.0 Å². The molecule has 0 aliphatic carbocycles. The first kappa shape index (κ1) is 18.2. The number of ether oxygens (including phenoxy) is 1. The van der Waals surface area contributed by atoms with E-state index in [0.717, 1.165) is 5.75 Å². The smallest absolute Gasteiger partial charge is 0.192 e. The first-order valence-electron chi connectivity index (χ1n) is 7.20. The van der Waals surface area contributed by atoms with E-state index in [1.54, 1.807) is 11.8 Å². The maximum Gasteiger partial charge on any atom is 0.192 e. The molecule has 0 saturated carbocycles. The average Bonchev–Trinajstić information content (AvgIpc) is 2.30. The van der Waals surface area contributed by atoms with Crippen molar-refractivity contribution in [1.29, 1.82) is 0 Å². The van der Waals surface area contributed by atoms with E-state index in [4.69, 9.17) is 9.16 Å². The molecule has 6 heteroatoms. The van der Waals surface area contributed by atoms with Gasteiger partial charge in [0.15, 0.2) is 14.1 Å². The Morgan fingerprint density at radius 3 is 2.55 bits per heavy atom. The molecule has 3 atom stereocenters. The molecule has 1 heterocycles. The van der Waals surface area contributed by atoms with Crippen molar-refractivity contribution in [3.05, 3.63) is 0 Å². The van der Waals surface area contributed by atoms with Gasteiger partial charge >= 0.3 is 0 Å². The fourth-order valence-electron chi connectivity index (χ4n) is 1.73. The first-order chi connectivity index (χ1) is 9.08. The minimum Gasteiger partial charge on any atom is -0.414 e. The highest BCUT2D eigenvalue weighted by atomic mass is 32.2. The summed E-state index contributed by atoms with van der Waals surface area (Å²) in [6.45, 7) is 13.1. The fraction of sp³-hybridized carbons (Fsp3) is 0.929. The summed E-state index contributed by atoms with van der Waals surface area (Å²) in [5.74, 6) is 0.759. The third-order valence-electron chi connectivity index (χ3n) is 4.14. The number of Topliss-reactive ketones (excluding diaryl/α,β-unsaturated/α-hetero) is 1. The number of hydrogen-bond acceptors (Lipinski definition) is 5. The summed E-state index contributed by atoms with van der Waals surface area (Å²) >= 11 is 1.60. The lowest BCUT2D eigenvalue weighted by Crippen LogP contribution is -2.50. The van der Waals surface area contributed by atoms with E-state index >= 15 is 0 Å². The SMILES string of the molecule is CCS[C@@H]1CC(=O)[C@H](O)[C@@H](CO[Si](C)(C)C(C)(C)C)O1. The zero-order chi connectivity index (χ0) is 15.6. The molecule has 0 radical (unpaired) electrons. The molecule has 20 heavy (non-hydrogen) atoms. The van der Waals surface area contributed by atoms with Crippen LogP contribution in [0.5, 0.6) is 0 Å². The Labute approximate surface area is 127 Å². The summed E-state index contributed by atoms with van der Waals surface area (Å²) in [7, 11) is -1.89. The van der Waals surface area contributed by atoms with Crippen molar-refractivity contribution >= 4 is 25.9 Å². The first-order valence-corrected chi connectivity index (χ1v) is 11.2. The quantitative estimate of drug-likeness (QED) is 0.789. The van der Waals surface area contributed by atoms with Gasteiger partial charge in [0, 0.05) is 6.42 Å². The van der Waals surface area contributed by atoms with Gasteiger partial charge in [0.1, 0.15) is 17.6 Å². The summed E-state index contributed by atoms with van der Waals surface area (Å²) in [5, 5.41) is 10.1. The molecule has 0 aromatic heterocycles. The van der Waals surface area contributed by atoms with E-state index in [9.17, 15) is 9.90 Å². The minimum absolute atomic E-state index is 0.105. The largest absolute Gasteiger partial charge is 0.414 e. The van der Waals surface area contributed by atoms with E-state index in [1.807, 2.05) is 6.92 Å². The van der Waals surface area contributed by atoms with Crippen molar-refractivity contribution in [2.45, 2.75) is 69.9 Å². The van der Waals surface area contributed by atoms with Crippen molar-refractivity contribution in [2.24, 2.45) is 0 Å². The molecule has 1 N–H and O–H groups in total. The van der Waals surface area contributed by atoms with Crippen LogP contribution in [0.25, 0.3) is 0 Å². The number of aliphatic hydroxyl groups excluding tert-OH is 1. The minimum atomic E-state index is -1.89. The third kappa shape index (κ3) is 4.56. The summed E-state index contributed by atoms with van der Waals surface area (Å²) < 4.78 is 11.9. The van der Waals surface area contributed by atoms with E-state index in [-0.39, 0.29) is 22.7 Å². The van der Waals surface area contributed by atoms with Gasteiger partial charge in [0.05, 0.1) is 6.61 Å². The monoisotopic (exact) mass is 320 g/mol. The van der Waals surface area contributed by atoms with E-state index in [1.165, 1.54) is 0 Å². The summed E-state index contributed by atoms with van der Waals surface area (Å²) in [6, 6.07) is 0. The van der Waals surface area contributed by atoms with E-state index in [0.29, 0.717) is 6.61 Å². The van der Waals surface area contributed by atoms with Crippen LogP contribution in [0.1, 0.15) is 34.1 Å². The van der Waals surface area contributed by atoms with Crippen LogP contribution in [0.2, 0.25) is 18.1 Å². The number of carbonyl (C=O) groups excluding carboxylic acids is 1. The van der Waals surface area contributed by atoms with Gasteiger partial charge in [-0.25, -0.2) is 0 Å². The van der Waals surface area contributed by atoms with Gasteiger partial charge in [-0.05, 0) is 23.9 Å². The van der Waals surface area contributed by atoms with Crippen LogP contribution in [0.4, 0.5) is 0 Å². The van der Waals surface area contributed by atoms with Gasteiger partial charge in [-0.15, -0.1) is 11.8 Å². The lowest BCUT2D eigenvalue weighted by Gasteiger charge is -2.39. The number of hydrogen-bond donors (Lipinski definition) is 1. The maximum atomic E-state index is 11.8. The Morgan fingerprint density at radius 1 is 1.45 bits per heavy atom. The zero-order valence-electron chi connectivity index (χ0n) is 13.4. The lowest BCUT2D eigenvalue weighted by molar-refractivity contribution is -0.153. The molecule has 0 unspecified atom stereocenters. The Hall–Kier alpha value is 0.117. The number of thioether (sulfide) groups is 1. The molecule has 1 aliphatic heterocycles. The van der Waals surface area contributed by atoms with Gasteiger partial charge in [-0.3, -0.25) is 4.79 Å². The number of ketones is 1. The fourth-order valence-corrected chi connectivity index (χ4v) is 3.62. The van der Waals surface area contributed by atoms with E-state index in [2.05, 4.69) is 33.9 Å². The highest BCUT2D eigenvalue weighted by Crippen LogP contribution is 2.37. The second-order valence-electron chi connectivity index (χ2n) is 6.75. The van der Waals surface area contributed by atoms with Gasteiger partial charge in [-0.1, -0.05) is 27.7 Å². The highest BCUT2D eigenvalue weighted by molar-refractivity contribution is 7.99. The highest BCUT2D eigenvalue weighted by Gasteiger charge is 2.41. The van der Waals surface area contributed by atoms with Gasteiger partial charge < -0.3 is 14.3 Å². The number of carbonyl (C=O) groups is 1. The molecule has 118 valence electrons. The Bertz CT molecular complexity index is 341. The summed E-state index contributed by atoms with van der Waals surface area (Å²) in [4.78, 5) is 11.8. The standard InChI is InChI=1S/C14H28O4SSi/c1-7-19-12-8-10(15)13(16)11(18-12)9-17-20(5,6)14(2,3)4/h11-13,16H,7-9H2,1-6H3/t11-,12-,13+/m1/s1. The Kier molecular flexibility index (Phi) is 6.28. The van der Waals surface area contributed by atoms with Crippen LogP contribution in [0.3, 0.4) is 0 Å². The average molecular weight is 321 g/mol. The molecule has 0 aromatic rings. The van der Waals surface area contributed by atoms with Gasteiger partial charge in [0.25, 0.3) is 0 Å². The van der Waals surface area contributed by atoms with Gasteiger partial charge in [0.2, 0.25) is 0 Å². The van der Waals surface area contributed by atoms with Crippen molar-refractivity contribution in [2.75, 3.05) is 12.4 Å². The van der Waals surface area contributed by atoms with Gasteiger partial charge in [-0.2, -0.15) is 0 Å². The molecule has 1 aliphatic rings. The molecule has 1 rings (SSSR count). The Morgan fingerprint density at radius 2 is 2.05 bits per heavy atom. The molecule has 1 fully saturated rings. The molecule has 4 nitrogen and oxygen atoms in total. The number of aliphatic hydroxyl groups is 1. The lowest BCUT2D eigenvalue weighted by atomic mass is 10.1. The number of rotatable bonds is 5. The van der Waals surface area contributed by atoms with Crippen molar-refractivity contribution in [3.8, 4) is 0 Å². The summed E-state index contributed by atoms with van der Waals surface area (Å²) in [5.41, 5.74) is -0.149. The molecular weight excluding hydrogens is 292 g/mol. The zero-order valence-corrected chi connectivity index (χ0v) is 15.3. The molecule has 0 spiro atoms. The van der Waals surface area contributed by atoms with Crippen LogP contribution < -0.4 is 0 Å².